The first-order chi connectivity index (χ1) is 12.5. The number of hydrogen-bond donors (Lipinski definition) is 0. The van der Waals surface area contributed by atoms with E-state index in [9.17, 15) is 0 Å². The lowest BCUT2D eigenvalue weighted by atomic mass is 10.7. The zero-order valence-corrected chi connectivity index (χ0v) is 20.5. The standard InChI is InChI=1S/C8H11Br3N2O3.C5H8BrN3O/c1-14-2-3-15-4-5-16-13-8(11)6(9)7(10)12-13;1-10-3-2-9-4-5(6)7-8-9/h2-5H2,1H3;4H,2-3H2,1H3. The van der Waals surface area contributed by atoms with Crippen molar-refractivity contribution in [1.82, 2.24) is 24.9 Å². The molecule has 0 fully saturated rings. The second-order valence-corrected chi connectivity index (χ2v) is 7.61. The Labute approximate surface area is 185 Å². The van der Waals surface area contributed by atoms with E-state index in [-0.39, 0.29) is 0 Å². The summed E-state index contributed by atoms with van der Waals surface area (Å²) in [6.07, 6.45) is 1.80. The van der Waals surface area contributed by atoms with Gasteiger partial charge in [0, 0.05) is 14.2 Å². The number of ether oxygens (including phenoxy) is 3. The maximum absolute atomic E-state index is 5.35. The van der Waals surface area contributed by atoms with Gasteiger partial charge in [0.1, 0.15) is 15.8 Å². The summed E-state index contributed by atoms with van der Waals surface area (Å²) in [6, 6.07) is 0. The van der Waals surface area contributed by atoms with Crippen molar-refractivity contribution >= 4 is 63.7 Å². The molecule has 0 radical (unpaired) electrons. The molecule has 0 saturated heterocycles. The third-order valence-corrected chi connectivity index (χ3v) is 6.05. The van der Waals surface area contributed by atoms with Crippen LogP contribution in [0.25, 0.3) is 0 Å². The van der Waals surface area contributed by atoms with Gasteiger partial charge < -0.3 is 19.0 Å². The van der Waals surface area contributed by atoms with Gasteiger partial charge in [0.05, 0.1) is 43.6 Å². The van der Waals surface area contributed by atoms with Gasteiger partial charge in [-0.15, -0.1) is 10.2 Å². The van der Waals surface area contributed by atoms with Crippen molar-refractivity contribution in [1.29, 1.82) is 0 Å². The lowest BCUT2D eigenvalue weighted by molar-refractivity contribution is 0.00662. The Hall–Kier alpha value is -0.0500. The third kappa shape index (κ3) is 9.24. The highest BCUT2D eigenvalue weighted by atomic mass is 79.9. The fraction of sp³-hybridized carbons (Fsp3) is 0.615. The van der Waals surface area contributed by atoms with E-state index in [1.807, 2.05) is 0 Å². The van der Waals surface area contributed by atoms with E-state index in [1.54, 1.807) is 25.1 Å². The van der Waals surface area contributed by atoms with Gasteiger partial charge in [0.25, 0.3) is 0 Å². The van der Waals surface area contributed by atoms with Gasteiger partial charge in [0.15, 0.2) is 4.60 Å². The Bertz CT molecular complexity index is 640. The molecule has 13 heteroatoms. The average molecular weight is 629 g/mol. The molecule has 2 heterocycles. The van der Waals surface area contributed by atoms with E-state index in [4.69, 9.17) is 19.0 Å². The van der Waals surface area contributed by atoms with Crippen LogP contribution in [0, 0.1) is 0 Å². The largest absolute Gasteiger partial charge is 0.393 e. The summed E-state index contributed by atoms with van der Waals surface area (Å²) in [5.41, 5.74) is 0. The van der Waals surface area contributed by atoms with Crippen molar-refractivity contribution in [2.75, 3.05) is 47.3 Å². The zero-order valence-electron chi connectivity index (χ0n) is 14.2. The van der Waals surface area contributed by atoms with Crippen LogP contribution in [0.3, 0.4) is 0 Å². The molecule has 0 aliphatic carbocycles. The first kappa shape index (κ1) is 24.0. The summed E-state index contributed by atoms with van der Waals surface area (Å²) >= 11 is 13.1. The van der Waals surface area contributed by atoms with Crippen molar-refractivity contribution < 1.29 is 19.0 Å². The van der Waals surface area contributed by atoms with Crippen molar-refractivity contribution in [3.05, 3.63) is 24.5 Å². The predicted molar refractivity (Wildman–Crippen MR) is 109 cm³/mol. The molecule has 0 spiro atoms. The molecule has 0 N–H and O–H groups in total. The highest BCUT2D eigenvalue weighted by Crippen LogP contribution is 2.29. The van der Waals surface area contributed by atoms with Crippen LogP contribution in [0.2, 0.25) is 0 Å². The van der Waals surface area contributed by atoms with Gasteiger partial charge in [-0.05, 0) is 63.7 Å². The number of methoxy groups -OCH3 is 2. The molecule has 0 aliphatic rings. The monoisotopic (exact) mass is 625 g/mol. The fourth-order valence-corrected chi connectivity index (χ4v) is 2.92. The molecular formula is C13H19Br4N5O4. The Morgan fingerprint density at radius 3 is 2.19 bits per heavy atom. The molecule has 0 saturated carbocycles. The van der Waals surface area contributed by atoms with Crippen LogP contribution >= 0.6 is 63.7 Å². The molecule has 9 nitrogen and oxygen atoms in total. The molecule has 0 atom stereocenters. The molecule has 148 valence electrons. The van der Waals surface area contributed by atoms with Crippen molar-refractivity contribution in [3.63, 3.8) is 0 Å². The highest BCUT2D eigenvalue weighted by molar-refractivity contribution is 9.14. The maximum atomic E-state index is 5.35. The molecular weight excluding hydrogens is 610 g/mol. The number of aromatic nitrogens is 5. The van der Waals surface area contributed by atoms with Crippen molar-refractivity contribution in [2.45, 2.75) is 6.54 Å². The van der Waals surface area contributed by atoms with Crippen molar-refractivity contribution in [2.24, 2.45) is 0 Å². The van der Waals surface area contributed by atoms with Crippen LogP contribution in [-0.4, -0.2) is 72.2 Å². The smallest absolute Gasteiger partial charge is 0.161 e. The Morgan fingerprint density at radius 1 is 0.962 bits per heavy atom. The predicted octanol–water partition coefficient (Wildman–Crippen LogP) is 2.95. The lowest BCUT2D eigenvalue weighted by Crippen LogP contribution is -2.19. The number of hydrogen-bond acceptors (Lipinski definition) is 7. The Kier molecular flexibility index (Phi) is 12.9. The zero-order chi connectivity index (χ0) is 19.4. The van der Waals surface area contributed by atoms with Crippen LogP contribution < -0.4 is 4.84 Å². The molecule has 2 aromatic heterocycles. The van der Waals surface area contributed by atoms with E-state index in [0.29, 0.717) is 37.6 Å². The lowest BCUT2D eigenvalue weighted by Gasteiger charge is -2.06. The van der Waals surface area contributed by atoms with Gasteiger partial charge in [-0.25, -0.2) is 4.68 Å². The minimum Gasteiger partial charge on any atom is -0.393 e. The molecule has 0 bridgehead atoms. The SMILES string of the molecule is COCCOCCOn1nc(Br)c(Br)c1Br.COCCn1cc(Br)nn1. The molecule has 26 heavy (non-hydrogen) atoms. The highest BCUT2D eigenvalue weighted by Gasteiger charge is 2.11. The molecule has 0 aromatic carbocycles. The summed E-state index contributed by atoms with van der Waals surface area (Å²) in [6.45, 7) is 3.47. The van der Waals surface area contributed by atoms with Crippen LogP contribution in [0.4, 0.5) is 0 Å². The molecule has 2 rings (SSSR count). The average Bonchev–Trinajstić information content (AvgIpc) is 3.15. The van der Waals surface area contributed by atoms with E-state index >= 15 is 0 Å². The van der Waals surface area contributed by atoms with Gasteiger partial charge >= 0.3 is 0 Å². The van der Waals surface area contributed by atoms with E-state index in [0.717, 1.165) is 20.2 Å². The Balaban J connectivity index is 0.000000289. The topological polar surface area (TPSA) is 85.5 Å². The normalized spacial score (nSPS) is 10.5. The minimum absolute atomic E-state index is 0.420. The second-order valence-electron chi connectivity index (χ2n) is 4.50. The fourth-order valence-electron chi connectivity index (χ4n) is 1.42. The summed E-state index contributed by atoms with van der Waals surface area (Å²) < 4.78 is 19.6. The Morgan fingerprint density at radius 2 is 1.65 bits per heavy atom. The summed E-state index contributed by atoms with van der Waals surface area (Å²) in [5.74, 6) is 0. The van der Waals surface area contributed by atoms with Gasteiger partial charge in [-0.2, -0.15) is 0 Å². The van der Waals surface area contributed by atoms with Crippen molar-refractivity contribution in [3.8, 4) is 0 Å². The second kappa shape index (κ2) is 14.0. The minimum atomic E-state index is 0.420. The number of rotatable bonds is 10. The third-order valence-electron chi connectivity index (χ3n) is 2.62. The van der Waals surface area contributed by atoms with Gasteiger partial charge in [-0.3, -0.25) is 0 Å². The van der Waals surface area contributed by atoms with E-state index in [1.165, 1.54) is 4.85 Å². The first-order valence-electron chi connectivity index (χ1n) is 7.33. The van der Waals surface area contributed by atoms with Crippen LogP contribution in [0.5, 0.6) is 0 Å². The quantitative estimate of drug-likeness (QED) is 0.374. The number of halogens is 4. The first-order valence-corrected chi connectivity index (χ1v) is 10.5. The molecule has 2 aromatic rings. The molecule has 0 amide bonds. The summed E-state index contributed by atoms with van der Waals surface area (Å²) in [7, 11) is 3.29. The van der Waals surface area contributed by atoms with Crippen LogP contribution in [-0.2, 0) is 20.8 Å². The maximum Gasteiger partial charge on any atom is 0.161 e. The van der Waals surface area contributed by atoms with E-state index in [2.05, 4.69) is 79.1 Å². The van der Waals surface area contributed by atoms with E-state index < -0.39 is 0 Å². The summed E-state index contributed by atoms with van der Waals surface area (Å²) in [5, 5.41) is 11.6. The van der Waals surface area contributed by atoms with Crippen LogP contribution in [0.15, 0.2) is 24.5 Å². The number of nitrogens with zero attached hydrogens (tertiary/aromatic N) is 5. The summed E-state index contributed by atoms with van der Waals surface area (Å²) in [4.78, 5) is 6.73. The van der Waals surface area contributed by atoms with Crippen LogP contribution in [0.1, 0.15) is 0 Å². The van der Waals surface area contributed by atoms with Gasteiger partial charge in [0.2, 0.25) is 0 Å². The van der Waals surface area contributed by atoms with Gasteiger partial charge in [-0.1, -0.05) is 10.1 Å². The molecule has 0 aliphatic heterocycles. The molecule has 0 unspecified atom stereocenters.